The van der Waals surface area contributed by atoms with Crippen LogP contribution in [0, 0.1) is 18.6 Å². The zero-order chi connectivity index (χ0) is 11.7. The topological polar surface area (TPSA) is 17.1 Å². The van der Waals surface area contributed by atoms with Crippen molar-refractivity contribution in [3.8, 4) is 0 Å². The van der Waals surface area contributed by atoms with Crippen molar-refractivity contribution in [2.45, 2.75) is 6.92 Å². The van der Waals surface area contributed by atoms with E-state index in [4.69, 9.17) is 0 Å². The Balaban J connectivity index is 2.56. The van der Waals surface area contributed by atoms with Crippen LogP contribution < -0.4 is 0 Å². The first-order chi connectivity index (χ1) is 7.61. The Morgan fingerprint density at radius 1 is 1.25 bits per heavy atom. The van der Waals surface area contributed by atoms with Crippen LogP contribution in [-0.4, -0.2) is 5.78 Å². The predicted molar refractivity (Wildman–Crippen MR) is 58.8 cm³/mol. The Hall–Kier alpha value is -1.55. The van der Waals surface area contributed by atoms with Crippen LogP contribution in [0.15, 0.2) is 29.6 Å². The standard InChI is InChI=1S/C12H8F2OS/c1-7-4-5-8(13)10(11(7)14)12(15)9-3-2-6-16-9/h2-6H,1H3. The van der Waals surface area contributed by atoms with Gasteiger partial charge in [0.2, 0.25) is 5.78 Å². The van der Waals surface area contributed by atoms with Gasteiger partial charge in [-0.3, -0.25) is 4.79 Å². The maximum Gasteiger partial charge on any atom is 0.208 e. The highest BCUT2D eigenvalue weighted by molar-refractivity contribution is 7.12. The van der Waals surface area contributed by atoms with E-state index in [0.717, 1.165) is 6.07 Å². The molecule has 4 heteroatoms. The Bertz CT molecular complexity index is 532. The van der Waals surface area contributed by atoms with Crippen LogP contribution in [0.5, 0.6) is 0 Å². The van der Waals surface area contributed by atoms with Gasteiger partial charge in [0.25, 0.3) is 0 Å². The van der Waals surface area contributed by atoms with Crippen LogP contribution in [0.2, 0.25) is 0 Å². The molecule has 82 valence electrons. The first kappa shape index (κ1) is 11.0. The third-order valence-electron chi connectivity index (χ3n) is 2.26. The number of benzene rings is 1. The van der Waals surface area contributed by atoms with Crippen molar-refractivity contribution in [2.75, 3.05) is 0 Å². The molecule has 0 aliphatic heterocycles. The molecule has 0 aliphatic rings. The molecular weight excluding hydrogens is 230 g/mol. The SMILES string of the molecule is Cc1ccc(F)c(C(=O)c2cccs2)c1F. The number of ketones is 1. The maximum atomic E-state index is 13.6. The van der Waals surface area contributed by atoms with E-state index in [1.54, 1.807) is 17.5 Å². The number of hydrogen-bond acceptors (Lipinski definition) is 2. The summed E-state index contributed by atoms with van der Waals surface area (Å²) in [6.07, 6.45) is 0. The normalized spacial score (nSPS) is 10.4. The third-order valence-corrected chi connectivity index (χ3v) is 3.12. The van der Waals surface area contributed by atoms with E-state index in [1.807, 2.05) is 0 Å². The van der Waals surface area contributed by atoms with E-state index >= 15 is 0 Å². The van der Waals surface area contributed by atoms with Crippen LogP contribution in [0.3, 0.4) is 0 Å². The number of carbonyl (C=O) groups is 1. The lowest BCUT2D eigenvalue weighted by Crippen LogP contribution is -2.07. The average Bonchev–Trinajstić information content (AvgIpc) is 2.77. The Morgan fingerprint density at radius 3 is 2.62 bits per heavy atom. The number of rotatable bonds is 2. The summed E-state index contributed by atoms with van der Waals surface area (Å²) in [6.45, 7) is 1.50. The average molecular weight is 238 g/mol. The smallest absolute Gasteiger partial charge is 0.208 e. The number of halogens is 2. The van der Waals surface area contributed by atoms with E-state index in [9.17, 15) is 13.6 Å². The first-order valence-corrected chi connectivity index (χ1v) is 5.52. The molecule has 0 saturated heterocycles. The highest BCUT2D eigenvalue weighted by Gasteiger charge is 2.20. The van der Waals surface area contributed by atoms with Crippen molar-refractivity contribution in [3.05, 3.63) is 57.3 Å². The number of aryl methyl sites for hydroxylation is 1. The second-order valence-corrected chi connectivity index (χ2v) is 4.31. The van der Waals surface area contributed by atoms with E-state index in [1.165, 1.54) is 24.3 Å². The van der Waals surface area contributed by atoms with Crippen LogP contribution in [-0.2, 0) is 0 Å². The number of thiophene rings is 1. The van der Waals surface area contributed by atoms with Gasteiger partial charge in [-0.15, -0.1) is 11.3 Å². The van der Waals surface area contributed by atoms with Gasteiger partial charge in [-0.25, -0.2) is 8.78 Å². The minimum atomic E-state index is -0.818. The quantitative estimate of drug-likeness (QED) is 0.731. The fourth-order valence-corrected chi connectivity index (χ4v) is 2.07. The first-order valence-electron chi connectivity index (χ1n) is 4.64. The summed E-state index contributed by atoms with van der Waals surface area (Å²) >= 11 is 1.17. The van der Waals surface area contributed by atoms with Crippen molar-refractivity contribution in [1.29, 1.82) is 0 Å². The van der Waals surface area contributed by atoms with E-state index in [0.29, 0.717) is 4.88 Å². The monoisotopic (exact) mass is 238 g/mol. The second kappa shape index (κ2) is 4.14. The summed E-state index contributed by atoms with van der Waals surface area (Å²) in [5.74, 6) is -2.20. The maximum absolute atomic E-state index is 13.6. The third kappa shape index (κ3) is 1.76. The molecule has 0 amide bonds. The van der Waals surface area contributed by atoms with Crippen molar-refractivity contribution >= 4 is 17.1 Å². The minimum Gasteiger partial charge on any atom is -0.287 e. The molecule has 0 saturated carbocycles. The van der Waals surface area contributed by atoms with Crippen molar-refractivity contribution < 1.29 is 13.6 Å². The molecule has 0 aliphatic carbocycles. The molecule has 1 heterocycles. The molecule has 2 aromatic rings. The van der Waals surface area contributed by atoms with Gasteiger partial charge < -0.3 is 0 Å². The van der Waals surface area contributed by atoms with Gasteiger partial charge in [0.05, 0.1) is 10.4 Å². The summed E-state index contributed by atoms with van der Waals surface area (Å²) in [5, 5.41) is 1.69. The largest absolute Gasteiger partial charge is 0.287 e. The minimum absolute atomic E-state index is 0.265. The van der Waals surface area contributed by atoms with Gasteiger partial charge >= 0.3 is 0 Å². The van der Waals surface area contributed by atoms with E-state index in [2.05, 4.69) is 0 Å². The molecular formula is C12H8F2OS. The van der Waals surface area contributed by atoms with Gasteiger partial charge in [-0.2, -0.15) is 0 Å². The fourth-order valence-electron chi connectivity index (χ4n) is 1.40. The Morgan fingerprint density at radius 2 is 2.00 bits per heavy atom. The second-order valence-electron chi connectivity index (χ2n) is 3.36. The molecule has 1 aromatic carbocycles. The molecule has 0 fully saturated rings. The van der Waals surface area contributed by atoms with Crippen molar-refractivity contribution in [3.63, 3.8) is 0 Å². The molecule has 0 spiro atoms. The van der Waals surface area contributed by atoms with E-state index < -0.39 is 23.0 Å². The lowest BCUT2D eigenvalue weighted by Gasteiger charge is -2.04. The Labute approximate surface area is 95.4 Å². The predicted octanol–water partition coefficient (Wildman–Crippen LogP) is 3.57. The molecule has 0 atom stereocenters. The summed E-state index contributed by atoms with van der Waals surface area (Å²) < 4.78 is 27.1. The molecule has 1 aromatic heterocycles. The van der Waals surface area contributed by atoms with Crippen molar-refractivity contribution in [2.24, 2.45) is 0 Å². The molecule has 0 N–H and O–H groups in total. The van der Waals surface area contributed by atoms with Gasteiger partial charge in [0.15, 0.2) is 0 Å². The zero-order valence-corrected chi connectivity index (χ0v) is 9.28. The van der Waals surface area contributed by atoms with Crippen LogP contribution in [0.4, 0.5) is 8.78 Å². The highest BCUT2D eigenvalue weighted by Crippen LogP contribution is 2.22. The lowest BCUT2D eigenvalue weighted by molar-refractivity contribution is 0.103. The molecule has 16 heavy (non-hydrogen) atoms. The van der Waals surface area contributed by atoms with Crippen LogP contribution in [0.1, 0.15) is 20.8 Å². The summed E-state index contributed by atoms with van der Waals surface area (Å²) in [4.78, 5) is 12.2. The van der Waals surface area contributed by atoms with Crippen molar-refractivity contribution in [1.82, 2.24) is 0 Å². The van der Waals surface area contributed by atoms with Gasteiger partial charge in [0.1, 0.15) is 11.6 Å². The fraction of sp³-hybridized carbons (Fsp3) is 0.0833. The molecule has 0 unspecified atom stereocenters. The summed E-state index contributed by atoms with van der Waals surface area (Å²) in [7, 11) is 0. The molecule has 1 nitrogen and oxygen atoms in total. The molecule has 2 rings (SSSR count). The van der Waals surface area contributed by atoms with Crippen LogP contribution >= 0.6 is 11.3 Å². The lowest BCUT2D eigenvalue weighted by atomic mass is 10.0. The summed E-state index contributed by atoms with van der Waals surface area (Å²) in [5.41, 5.74) is -0.205. The Kier molecular flexibility index (Phi) is 2.83. The highest BCUT2D eigenvalue weighted by atomic mass is 32.1. The molecule has 0 bridgehead atoms. The zero-order valence-electron chi connectivity index (χ0n) is 8.46. The molecule has 0 radical (unpaired) electrons. The number of carbonyl (C=O) groups excluding carboxylic acids is 1. The summed E-state index contributed by atoms with van der Waals surface area (Å²) in [6, 6.07) is 5.65. The van der Waals surface area contributed by atoms with Gasteiger partial charge in [-0.1, -0.05) is 12.1 Å². The van der Waals surface area contributed by atoms with E-state index in [-0.39, 0.29) is 5.56 Å². The van der Waals surface area contributed by atoms with Gasteiger partial charge in [0, 0.05) is 0 Å². The van der Waals surface area contributed by atoms with Gasteiger partial charge in [-0.05, 0) is 30.0 Å². The number of hydrogen-bond donors (Lipinski definition) is 0. The van der Waals surface area contributed by atoms with Crippen LogP contribution in [0.25, 0.3) is 0 Å².